The second-order valence-electron chi connectivity index (χ2n) is 5.09. The smallest absolute Gasteiger partial charge is 0.179 e. The van der Waals surface area contributed by atoms with Crippen molar-refractivity contribution in [1.29, 1.82) is 0 Å². The first-order valence-electron chi connectivity index (χ1n) is 6.16. The van der Waals surface area contributed by atoms with Crippen LogP contribution in [0, 0.1) is 6.92 Å². The molecule has 1 atom stereocenters. The van der Waals surface area contributed by atoms with Gasteiger partial charge in [0.05, 0.1) is 10.6 Å². The molecule has 1 aliphatic carbocycles. The van der Waals surface area contributed by atoms with E-state index in [1.165, 1.54) is 12.8 Å². The van der Waals surface area contributed by atoms with Crippen molar-refractivity contribution in [3.63, 3.8) is 0 Å². The number of rotatable bonds is 2. The number of hydrogen-bond acceptors (Lipinski definition) is 3. The molecule has 0 saturated heterocycles. The van der Waals surface area contributed by atoms with Crippen LogP contribution in [0.15, 0.2) is 23.1 Å². The molecule has 92 valence electrons. The largest absolute Gasteiger partial charge is 0.307 e. The van der Waals surface area contributed by atoms with Crippen LogP contribution in [0.5, 0.6) is 0 Å². The Balaban J connectivity index is 2.07. The fourth-order valence-electron chi connectivity index (χ4n) is 2.61. The van der Waals surface area contributed by atoms with Gasteiger partial charge in [0.15, 0.2) is 9.84 Å². The van der Waals surface area contributed by atoms with Gasteiger partial charge in [0.2, 0.25) is 0 Å². The maximum atomic E-state index is 12.1. The molecular formula is C13H17NO2S. The number of hydrogen-bond donors (Lipinski definition) is 1. The summed E-state index contributed by atoms with van der Waals surface area (Å²) >= 11 is 0. The molecule has 0 bridgehead atoms. The predicted octanol–water partition coefficient (Wildman–Crippen LogP) is 1.97. The molecule has 1 saturated carbocycles. The maximum absolute atomic E-state index is 12.1. The van der Waals surface area contributed by atoms with Crippen LogP contribution in [0.25, 0.3) is 0 Å². The van der Waals surface area contributed by atoms with Crippen LogP contribution in [0.3, 0.4) is 0 Å². The molecule has 1 aromatic rings. The van der Waals surface area contributed by atoms with E-state index in [4.69, 9.17) is 0 Å². The van der Waals surface area contributed by atoms with Crippen molar-refractivity contribution in [1.82, 2.24) is 5.32 Å². The van der Waals surface area contributed by atoms with Gasteiger partial charge in [-0.2, -0.15) is 0 Å². The Hall–Kier alpha value is -0.870. The average molecular weight is 251 g/mol. The molecule has 3 rings (SSSR count). The van der Waals surface area contributed by atoms with Gasteiger partial charge in [-0.15, -0.1) is 0 Å². The van der Waals surface area contributed by atoms with E-state index < -0.39 is 9.84 Å². The zero-order chi connectivity index (χ0) is 12.0. The van der Waals surface area contributed by atoms with Crippen LogP contribution in [-0.2, 0) is 9.84 Å². The molecule has 2 aliphatic rings. The Morgan fingerprint density at radius 3 is 2.71 bits per heavy atom. The van der Waals surface area contributed by atoms with Gasteiger partial charge in [0, 0.05) is 12.1 Å². The molecule has 4 heteroatoms. The van der Waals surface area contributed by atoms with Gasteiger partial charge in [-0.25, -0.2) is 8.42 Å². The Morgan fingerprint density at radius 1 is 1.24 bits per heavy atom. The second kappa shape index (κ2) is 3.82. The first kappa shape index (κ1) is 11.2. The van der Waals surface area contributed by atoms with Gasteiger partial charge < -0.3 is 5.32 Å². The minimum absolute atomic E-state index is 0.223. The van der Waals surface area contributed by atoms with E-state index in [1.54, 1.807) is 0 Å². The fraction of sp³-hybridized carbons (Fsp3) is 0.538. The van der Waals surface area contributed by atoms with E-state index >= 15 is 0 Å². The molecule has 1 fully saturated rings. The Bertz CT molecular complexity index is 547. The van der Waals surface area contributed by atoms with Crippen LogP contribution >= 0.6 is 0 Å². The van der Waals surface area contributed by atoms with Crippen molar-refractivity contribution >= 4 is 9.84 Å². The zero-order valence-corrected chi connectivity index (χ0v) is 10.8. The summed E-state index contributed by atoms with van der Waals surface area (Å²) in [4.78, 5) is 0.574. The van der Waals surface area contributed by atoms with Gasteiger partial charge >= 0.3 is 0 Å². The van der Waals surface area contributed by atoms with E-state index in [-0.39, 0.29) is 11.8 Å². The van der Waals surface area contributed by atoms with E-state index in [1.807, 2.05) is 25.1 Å². The highest BCUT2D eigenvalue weighted by atomic mass is 32.2. The third-order valence-electron chi connectivity index (χ3n) is 3.62. The highest BCUT2D eigenvalue weighted by Crippen LogP contribution is 2.36. The molecule has 1 aromatic carbocycles. The van der Waals surface area contributed by atoms with Crippen LogP contribution in [-0.4, -0.2) is 20.2 Å². The molecule has 1 aliphatic heterocycles. The molecule has 1 heterocycles. The second-order valence-corrected chi connectivity index (χ2v) is 7.14. The van der Waals surface area contributed by atoms with Crippen molar-refractivity contribution in [3.8, 4) is 0 Å². The SMILES string of the molecule is Cc1cccc2c1S(=O)(=O)CCC2NC1CC1. The van der Waals surface area contributed by atoms with Crippen molar-refractivity contribution in [2.75, 3.05) is 5.75 Å². The standard InChI is InChI=1S/C13H17NO2S/c1-9-3-2-4-11-12(14-10-5-6-10)7-8-17(15,16)13(9)11/h2-4,10,12,14H,5-8H2,1H3. The summed E-state index contributed by atoms with van der Waals surface area (Å²) in [5.41, 5.74) is 1.85. The fourth-order valence-corrected chi connectivity index (χ4v) is 4.49. The number of aryl methyl sites for hydroxylation is 1. The lowest BCUT2D eigenvalue weighted by Gasteiger charge is -2.27. The van der Waals surface area contributed by atoms with E-state index in [9.17, 15) is 8.42 Å². The van der Waals surface area contributed by atoms with Gasteiger partial charge in [0.1, 0.15) is 0 Å². The topological polar surface area (TPSA) is 46.2 Å². The molecular weight excluding hydrogens is 234 g/mol. The summed E-state index contributed by atoms with van der Waals surface area (Å²) in [5, 5.41) is 3.55. The minimum Gasteiger partial charge on any atom is -0.307 e. The zero-order valence-electron chi connectivity index (χ0n) is 9.94. The monoisotopic (exact) mass is 251 g/mol. The number of nitrogens with one attached hydrogen (secondary N) is 1. The van der Waals surface area contributed by atoms with Crippen LogP contribution in [0.1, 0.15) is 36.4 Å². The molecule has 0 spiro atoms. The summed E-state index contributed by atoms with van der Waals surface area (Å²) in [7, 11) is -3.06. The van der Waals surface area contributed by atoms with Gasteiger partial charge in [-0.3, -0.25) is 0 Å². The summed E-state index contributed by atoms with van der Waals surface area (Å²) in [6, 6.07) is 6.63. The summed E-state index contributed by atoms with van der Waals surface area (Å²) in [6.07, 6.45) is 3.16. The predicted molar refractivity (Wildman–Crippen MR) is 66.7 cm³/mol. The molecule has 0 amide bonds. The quantitative estimate of drug-likeness (QED) is 0.874. The van der Waals surface area contributed by atoms with Crippen molar-refractivity contribution in [2.24, 2.45) is 0 Å². The molecule has 17 heavy (non-hydrogen) atoms. The average Bonchev–Trinajstić information content (AvgIpc) is 3.06. The number of benzene rings is 1. The van der Waals surface area contributed by atoms with E-state index in [0.29, 0.717) is 17.4 Å². The molecule has 3 nitrogen and oxygen atoms in total. The molecule has 1 N–H and O–H groups in total. The molecule has 1 unspecified atom stereocenters. The lowest BCUT2D eigenvalue weighted by Crippen LogP contribution is -2.31. The maximum Gasteiger partial charge on any atom is 0.179 e. The summed E-state index contributed by atoms with van der Waals surface area (Å²) in [5.74, 6) is 0.273. The third-order valence-corrected chi connectivity index (χ3v) is 5.57. The number of fused-ring (bicyclic) bond motifs is 1. The molecule has 0 radical (unpaired) electrons. The highest BCUT2D eigenvalue weighted by molar-refractivity contribution is 7.91. The van der Waals surface area contributed by atoms with E-state index in [0.717, 1.165) is 11.1 Å². The Morgan fingerprint density at radius 2 is 2.00 bits per heavy atom. The van der Waals surface area contributed by atoms with Gasteiger partial charge in [-0.05, 0) is 37.3 Å². The summed E-state index contributed by atoms with van der Waals surface area (Å²) in [6.45, 7) is 1.88. The van der Waals surface area contributed by atoms with Gasteiger partial charge in [-0.1, -0.05) is 18.2 Å². The van der Waals surface area contributed by atoms with Crippen LogP contribution < -0.4 is 5.32 Å². The molecule has 0 aromatic heterocycles. The normalized spacial score (nSPS) is 26.5. The lowest BCUT2D eigenvalue weighted by atomic mass is 10.0. The first-order valence-corrected chi connectivity index (χ1v) is 7.81. The third kappa shape index (κ3) is 2.00. The van der Waals surface area contributed by atoms with E-state index in [2.05, 4.69) is 5.32 Å². The van der Waals surface area contributed by atoms with Gasteiger partial charge in [0.25, 0.3) is 0 Å². The first-order chi connectivity index (χ1) is 8.08. The minimum atomic E-state index is -3.06. The van der Waals surface area contributed by atoms with Crippen LogP contribution in [0.2, 0.25) is 0 Å². The van der Waals surface area contributed by atoms with Crippen LogP contribution in [0.4, 0.5) is 0 Å². The Kier molecular flexibility index (Phi) is 2.52. The summed E-state index contributed by atoms with van der Waals surface area (Å²) < 4.78 is 24.2. The lowest BCUT2D eigenvalue weighted by molar-refractivity contribution is 0.488. The number of sulfone groups is 1. The van der Waals surface area contributed by atoms with Crippen molar-refractivity contribution in [3.05, 3.63) is 29.3 Å². The van der Waals surface area contributed by atoms with Crippen molar-refractivity contribution < 1.29 is 8.42 Å². The van der Waals surface area contributed by atoms with Crippen molar-refractivity contribution in [2.45, 2.75) is 43.2 Å². The Labute approximate surface area is 102 Å². The highest BCUT2D eigenvalue weighted by Gasteiger charge is 2.34.